The third-order valence-corrected chi connectivity index (χ3v) is 4.96. The van der Waals surface area contributed by atoms with Crippen LogP contribution in [0.15, 0.2) is 0 Å². The minimum atomic E-state index is -4.23. The molecule has 2 saturated heterocycles. The lowest BCUT2D eigenvalue weighted by Crippen LogP contribution is -2.53. The van der Waals surface area contributed by atoms with E-state index >= 15 is 0 Å². The lowest BCUT2D eigenvalue weighted by atomic mass is 9.95. The smallest absolute Gasteiger partial charge is 0.393 e. The molecule has 3 atom stereocenters. The zero-order valence-corrected chi connectivity index (χ0v) is 13.0. The molecule has 0 aromatic rings. The Hall–Kier alpha value is -0.820. The second kappa shape index (κ2) is 7.17. The zero-order valence-electron chi connectivity index (χ0n) is 13.0. The number of piperidine rings is 2. The van der Waals surface area contributed by atoms with E-state index in [9.17, 15) is 23.1 Å². The summed E-state index contributed by atoms with van der Waals surface area (Å²) >= 11 is 0. The molecular weight excluding hydrogens is 297 g/mol. The van der Waals surface area contributed by atoms with Crippen molar-refractivity contribution in [1.82, 2.24) is 9.80 Å². The van der Waals surface area contributed by atoms with Crippen molar-refractivity contribution in [1.29, 1.82) is 0 Å². The minimum Gasteiger partial charge on any atom is -0.395 e. The third-order valence-electron chi connectivity index (χ3n) is 4.96. The molecule has 2 rings (SSSR count). The number of likely N-dealkylation sites (tertiary alicyclic amines) is 2. The molecule has 0 bridgehead atoms. The quantitative estimate of drug-likeness (QED) is 0.864. The first-order valence-corrected chi connectivity index (χ1v) is 8.04. The number of rotatable bonds is 3. The van der Waals surface area contributed by atoms with Crippen molar-refractivity contribution in [2.75, 3.05) is 26.2 Å². The Labute approximate surface area is 129 Å². The first kappa shape index (κ1) is 17.5. The van der Waals surface area contributed by atoms with Gasteiger partial charge in [0.15, 0.2) is 0 Å². The maximum absolute atomic E-state index is 12.8. The van der Waals surface area contributed by atoms with Crippen LogP contribution in [0.5, 0.6) is 0 Å². The van der Waals surface area contributed by atoms with E-state index in [1.165, 1.54) is 4.90 Å². The topological polar surface area (TPSA) is 43.8 Å². The van der Waals surface area contributed by atoms with Gasteiger partial charge in [0.25, 0.3) is 0 Å². The molecule has 3 unspecified atom stereocenters. The van der Waals surface area contributed by atoms with Crippen LogP contribution in [0.25, 0.3) is 0 Å². The fraction of sp³-hybridized carbons (Fsp3) is 0.933. The average Bonchev–Trinajstić information content (AvgIpc) is 2.48. The van der Waals surface area contributed by atoms with Gasteiger partial charge < -0.3 is 10.0 Å². The molecule has 2 fully saturated rings. The molecule has 1 N–H and O–H groups in total. The van der Waals surface area contributed by atoms with E-state index in [0.29, 0.717) is 13.0 Å². The number of carbonyl (C=O) groups is 1. The molecule has 4 nitrogen and oxygen atoms in total. The van der Waals surface area contributed by atoms with Crippen LogP contribution in [-0.2, 0) is 4.79 Å². The predicted molar refractivity (Wildman–Crippen MR) is 76.3 cm³/mol. The summed E-state index contributed by atoms with van der Waals surface area (Å²) in [6, 6.07) is 0.119. The van der Waals surface area contributed by atoms with E-state index in [0.717, 1.165) is 19.3 Å². The lowest BCUT2D eigenvalue weighted by molar-refractivity contribution is -0.188. The maximum atomic E-state index is 12.8. The van der Waals surface area contributed by atoms with Crippen LogP contribution in [0.1, 0.15) is 39.0 Å². The van der Waals surface area contributed by atoms with Gasteiger partial charge in [-0.15, -0.1) is 0 Å². The number of amides is 1. The van der Waals surface area contributed by atoms with Gasteiger partial charge in [-0.3, -0.25) is 9.69 Å². The van der Waals surface area contributed by atoms with Crippen LogP contribution >= 0.6 is 0 Å². The van der Waals surface area contributed by atoms with Gasteiger partial charge in [-0.05, 0) is 32.6 Å². The first-order valence-electron chi connectivity index (χ1n) is 8.04. The molecule has 22 heavy (non-hydrogen) atoms. The Kier molecular flexibility index (Phi) is 5.71. The number of hydrogen-bond acceptors (Lipinski definition) is 3. The molecule has 0 spiro atoms. The standard InChI is InChI=1S/C15H25F3N2O2/c1-11-4-2-6-13(10-21)20(11)9-14(22)19-7-3-5-12(8-19)15(16,17)18/h11-13,21H,2-10H2,1H3. The first-order chi connectivity index (χ1) is 10.3. The number of aliphatic hydroxyl groups is 1. The number of hydrogen-bond donors (Lipinski definition) is 1. The molecule has 0 aromatic heterocycles. The van der Waals surface area contributed by atoms with Gasteiger partial charge in [0, 0.05) is 25.2 Å². The van der Waals surface area contributed by atoms with E-state index in [4.69, 9.17) is 0 Å². The Morgan fingerprint density at radius 2 is 1.95 bits per heavy atom. The largest absolute Gasteiger partial charge is 0.395 e. The molecule has 2 heterocycles. The maximum Gasteiger partial charge on any atom is 0.393 e. The Balaban J connectivity index is 1.95. The summed E-state index contributed by atoms with van der Waals surface area (Å²) in [4.78, 5) is 15.7. The Bertz CT molecular complexity index is 389. The highest BCUT2D eigenvalue weighted by Crippen LogP contribution is 2.33. The van der Waals surface area contributed by atoms with Gasteiger partial charge in [0.05, 0.1) is 19.1 Å². The predicted octanol–water partition coefficient (Wildman–Crippen LogP) is 2.02. The molecule has 2 aliphatic rings. The van der Waals surface area contributed by atoms with Crippen molar-refractivity contribution >= 4 is 5.91 Å². The number of alkyl halides is 3. The van der Waals surface area contributed by atoms with E-state index in [1.807, 2.05) is 11.8 Å². The summed E-state index contributed by atoms with van der Waals surface area (Å²) in [5.74, 6) is -1.65. The Morgan fingerprint density at radius 3 is 2.59 bits per heavy atom. The van der Waals surface area contributed by atoms with Gasteiger partial charge in [-0.25, -0.2) is 0 Å². The van der Waals surface area contributed by atoms with Gasteiger partial charge in [0.2, 0.25) is 5.91 Å². The van der Waals surface area contributed by atoms with Crippen LogP contribution in [0.3, 0.4) is 0 Å². The minimum absolute atomic E-state index is 0.0111. The van der Waals surface area contributed by atoms with E-state index in [1.54, 1.807) is 0 Å². The van der Waals surface area contributed by atoms with Crippen molar-refractivity contribution in [3.63, 3.8) is 0 Å². The molecule has 1 amide bonds. The van der Waals surface area contributed by atoms with E-state index in [-0.39, 0.29) is 44.1 Å². The fourth-order valence-corrected chi connectivity index (χ4v) is 3.55. The van der Waals surface area contributed by atoms with Crippen molar-refractivity contribution in [2.45, 2.75) is 57.3 Å². The van der Waals surface area contributed by atoms with Crippen molar-refractivity contribution in [3.05, 3.63) is 0 Å². The summed E-state index contributed by atoms with van der Waals surface area (Å²) in [6.07, 6.45) is -0.933. The molecule has 0 aliphatic carbocycles. The molecule has 128 valence electrons. The van der Waals surface area contributed by atoms with Crippen molar-refractivity contribution < 1.29 is 23.1 Å². The number of aliphatic hydroxyl groups excluding tert-OH is 1. The Morgan fingerprint density at radius 1 is 1.23 bits per heavy atom. The van der Waals surface area contributed by atoms with Crippen LogP contribution in [0.4, 0.5) is 13.2 Å². The normalized spacial score (nSPS) is 31.3. The average molecular weight is 322 g/mol. The molecule has 7 heteroatoms. The molecule has 0 radical (unpaired) electrons. The molecule has 0 saturated carbocycles. The highest BCUT2D eigenvalue weighted by atomic mass is 19.4. The summed E-state index contributed by atoms with van der Waals surface area (Å²) in [5.41, 5.74) is 0. The lowest BCUT2D eigenvalue weighted by Gasteiger charge is -2.41. The van der Waals surface area contributed by atoms with Crippen LogP contribution in [0.2, 0.25) is 0 Å². The number of nitrogens with zero attached hydrogens (tertiary/aromatic N) is 2. The van der Waals surface area contributed by atoms with Gasteiger partial charge in [0.1, 0.15) is 0 Å². The molecule has 2 aliphatic heterocycles. The van der Waals surface area contributed by atoms with E-state index < -0.39 is 12.1 Å². The summed E-state index contributed by atoms with van der Waals surface area (Å²) in [6.45, 7) is 2.27. The SMILES string of the molecule is CC1CCCC(CO)N1CC(=O)N1CCCC(C(F)(F)F)C1. The highest BCUT2D eigenvalue weighted by molar-refractivity contribution is 5.78. The molecule has 0 aromatic carbocycles. The molecular formula is C15H25F3N2O2. The second-order valence-electron chi connectivity index (χ2n) is 6.51. The van der Waals surface area contributed by atoms with Gasteiger partial charge >= 0.3 is 6.18 Å². The third kappa shape index (κ3) is 4.13. The zero-order chi connectivity index (χ0) is 16.3. The number of carbonyl (C=O) groups excluding carboxylic acids is 1. The van der Waals surface area contributed by atoms with Crippen LogP contribution < -0.4 is 0 Å². The second-order valence-corrected chi connectivity index (χ2v) is 6.51. The van der Waals surface area contributed by atoms with Crippen molar-refractivity contribution in [2.24, 2.45) is 5.92 Å². The number of halogens is 3. The highest BCUT2D eigenvalue weighted by Gasteiger charge is 2.43. The van der Waals surface area contributed by atoms with Gasteiger partial charge in [-0.1, -0.05) is 6.42 Å². The van der Waals surface area contributed by atoms with Crippen LogP contribution in [-0.4, -0.2) is 65.3 Å². The summed E-state index contributed by atoms with van der Waals surface area (Å²) < 4.78 is 38.5. The fourth-order valence-electron chi connectivity index (χ4n) is 3.55. The monoisotopic (exact) mass is 322 g/mol. The van der Waals surface area contributed by atoms with Crippen molar-refractivity contribution in [3.8, 4) is 0 Å². The summed E-state index contributed by atoms with van der Waals surface area (Å²) in [7, 11) is 0. The van der Waals surface area contributed by atoms with E-state index in [2.05, 4.69) is 0 Å². The summed E-state index contributed by atoms with van der Waals surface area (Å²) in [5, 5.41) is 9.44. The van der Waals surface area contributed by atoms with Crippen LogP contribution in [0, 0.1) is 5.92 Å². The van der Waals surface area contributed by atoms with Gasteiger partial charge in [-0.2, -0.15) is 13.2 Å².